The molecule has 8 heteroatoms. The summed E-state index contributed by atoms with van der Waals surface area (Å²) in [5.41, 5.74) is 3.17. The van der Waals surface area contributed by atoms with Gasteiger partial charge in [0.2, 0.25) is 5.91 Å². The average molecular weight is 457 g/mol. The highest BCUT2D eigenvalue weighted by atomic mass is 32.2. The topological polar surface area (TPSA) is 75.7 Å². The van der Waals surface area contributed by atoms with Gasteiger partial charge in [0.25, 0.3) is 10.0 Å². The van der Waals surface area contributed by atoms with Crippen molar-refractivity contribution in [2.75, 3.05) is 23.3 Å². The van der Waals surface area contributed by atoms with Gasteiger partial charge in [0.05, 0.1) is 12.8 Å². The Bertz CT molecular complexity index is 1260. The maximum atomic E-state index is 13.7. The summed E-state index contributed by atoms with van der Waals surface area (Å²) in [6.45, 7) is 5.05. The van der Waals surface area contributed by atoms with E-state index in [1.807, 2.05) is 13.8 Å². The van der Waals surface area contributed by atoms with Crippen LogP contribution in [-0.2, 0) is 14.8 Å². The van der Waals surface area contributed by atoms with Gasteiger partial charge in [-0.3, -0.25) is 9.10 Å². The molecule has 0 aliphatic heterocycles. The van der Waals surface area contributed by atoms with Crippen molar-refractivity contribution in [2.45, 2.75) is 25.7 Å². The van der Waals surface area contributed by atoms with Gasteiger partial charge in [-0.15, -0.1) is 0 Å². The molecule has 3 rings (SSSR count). The summed E-state index contributed by atoms with van der Waals surface area (Å²) in [5.74, 6) is -0.940. The first-order chi connectivity index (χ1) is 15.1. The summed E-state index contributed by atoms with van der Waals surface area (Å²) in [5, 5.41) is 2.56. The van der Waals surface area contributed by atoms with Gasteiger partial charge in [0, 0.05) is 5.69 Å². The molecule has 3 aromatic carbocycles. The van der Waals surface area contributed by atoms with Crippen LogP contribution in [0.15, 0.2) is 65.6 Å². The number of benzene rings is 3. The summed E-state index contributed by atoms with van der Waals surface area (Å²) >= 11 is 0. The smallest absolute Gasteiger partial charge is 0.268 e. The highest BCUT2D eigenvalue weighted by molar-refractivity contribution is 7.93. The Balaban J connectivity index is 2.05. The molecule has 32 heavy (non-hydrogen) atoms. The van der Waals surface area contributed by atoms with Crippen molar-refractivity contribution < 1.29 is 22.3 Å². The molecule has 0 fully saturated rings. The first kappa shape index (κ1) is 23.3. The van der Waals surface area contributed by atoms with Crippen molar-refractivity contribution in [1.29, 1.82) is 0 Å². The van der Waals surface area contributed by atoms with E-state index < -0.39 is 28.3 Å². The second kappa shape index (κ2) is 9.40. The molecule has 168 valence electrons. The molecule has 0 saturated carbocycles. The van der Waals surface area contributed by atoms with E-state index in [9.17, 15) is 17.6 Å². The molecule has 3 aromatic rings. The van der Waals surface area contributed by atoms with E-state index >= 15 is 0 Å². The van der Waals surface area contributed by atoms with E-state index in [1.54, 1.807) is 37.3 Å². The van der Waals surface area contributed by atoms with Crippen LogP contribution >= 0.6 is 0 Å². The molecule has 0 heterocycles. The van der Waals surface area contributed by atoms with E-state index in [-0.39, 0.29) is 16.3 Å². The third kappa shape index (κ3) is 5.08. The third-order valence-corrected chi connectivity index (χ3v) is 6.86. The minimum atomic E-state index is -4.17. The number of ether oxygens (including phenoxy) is 1. The number of nitrogens with one attached hydrogen (secondary N) is 1. The zero-order valence-corrected chi connectivity index (χ0v) is 19.2. The number of hydrogen-bond acceptors (Lipinski definition) is 4. The maximum absolute atomic E-state index is 13.7. The molecular weight excluding hydrogens is 431 g/mol. The molecule has 0 spiro atoms. The quantitative estimate of drug-likeness (QED) is 0.564. The van der Waals surface area contributed by atoms with Gasteiger partial charge in [-0.05, 0) is 79.9 Å². The minimum Gasteiger partial charge on any atom is -0.495 e. The highest BCUT2D eigenvalue weighted by Crippen LogP contribution is 2.31. The van der Waals surface area contributed by atoms with E-state index in [0.29, 0.717) is 5.69 Å². The number of carbonyl (C=O) groups excluding carboxylic acids is 1. The van der Waals surface area contributed by atoms with Gasteiger partial charge >= 0.3 is 0 Å². The fourth-order valence-electron chi connectivity index (χ4n) is 3.20. The van der Waals surface area contributed by atoms with Crippen molar-refractivity contribution in [1.82, 2.24) is 0 Å². The number of nitrogens with zero attached hydrogens (tertiary/aromatic N) is 1. The van der Waals surface area contributed by atoms with Crippen LogP contribution in [0.5, 0.6) is 5.75 Å². The zero-order chi connectivity index (χ0) is 23.5. The Morgan fingerprint density at radius 3 is 2.41 bits per heavy atom. The Morgan fingerprint density at radius 1 is 1.00 bits per heavy atom. The molecule has 1 amide bonds. The number of aryl methyl sites for hydroxylation is 3. The lowest BCUT2D eigenvalue weighted by Crippen LogP contribution is -2.38. The van der Waals surface area contributed by atoms with Crippen molar-refractivity contribution in [3.05, 3.63) is 83.2 Å². The normalized spacial score (nSPS) is 11.2. The molecular formula is C24H25FN2O4S. The van der Waals surface area contributed by atoms with Crippen molar-refractivity contribution in [2.24, 2.45) is 0 Å². The van der Waals surface area contributed by atoms with Gasteiger partial charge in [0.15, 0.2) is 0 Å². The van der Waals surface area contributed by atoms with E-state index in [1.165, 1.54) is 31.4 Å². The fourth-order valence-corrected chi connectivity index (χ4v) is 4.85. The van der Waals surface area contributed by atoms with Crippen LogP contribution in [-0.4, -0.2) is 28.0 Å². The number of sulfonamides is 1. The van der Waals surface area contributed by atoms with Gasteiger partial charge in [-0.2, -0.15) is 0 Å². The van der Waals surface area contributed by atoms with Crippen molar-refractivity contribution >= 4 is 27.3 Å². The summed E-state index contributed by atoms with van der Waals surface area (Å²) in [6.07, 6.45) is 0. The Labute approximate surface area is 187 Å². The number of anilines is 2. The first-order valence-electron chi connectivity index (χ1n) is 9.92. The Morgan fingerprint density at radius 2 is 1.75 bits per heavy atom. The second-order valence-electron chi connectivity index (χ2n) is 7.49. The SMILES string of the molecule is COc1ccc(C)cc1S(=O)(=O)N(CC(=O)Nc1cccc(F)c1)c1ccc(C)c(C)c1. The largest absolute Gasteiger partial charge is 0.495 e. The molecule has 0 saturated heterocycles. The molecule has 0 aliphatic rings. The van der Waals surface area contributed by atoms with Crippen LogP contribution in [0.2, 0.25) is 0 Å². The number of halogens is 1. The van der Waals surface area contributed by atoms with E-state index in [2.05, 4.69) is 5.32 Å². The predicted molar refractivity (Wildman–Crippen MR) is 123 cm³/mol. The molecule has 0 atom stereocenters. The van der Waals surface area contributed by atoms with Crippen molar-refractivity contribution in [3.8, 4) is 5.75 Å². The number of rotatable bonds is 7. The molecule has 0 unspecified atom stereocenters. The lowest BCUT2D eigenvalue weighted by Gasteiger charge is -2.25. The predicted octanol–water partition coefficient (Wildman–Crippen LogP) is 4.59. The summed E-state index contributed by atoms with van der Waals surface area (Å²) in [6, 6.07) is 15.4. The number of methoxy groups -OCH3 is 1. The molecule has 0 aromatic heterocycles. The van der Waals surface area contributed by atoms with Gasteiger partial charge < -0.3 is 10.1 Å². The average Bonchev–Trinajstić information content (AvgIpc) is 2.74. The number of hydrogen-bond donors (Lipinski definition) is 1. The standard InChI is InChI=1S/C24H25FN2O4S/c1-16-8-11-22(31-4)23(12-16)32(29,30)27(21-10-9-17(2)18(3)13-21)15-24(28)26-20-7-5-6-19(25)14-20/h5-14H,15H2,1-4H3,(H,26,28). The zero-order valence-electron chi connectivity index (χ0n) is 18.3. The Hall–Kier alpha value is -3.39. The highest BCUT2D eigenvalue weighted by Gasteiger charge is 2.30. The van der Waals surface area contributed by atoms with Gasteiger partial charge in [-0.1, -0.05) is 18.2 Å². The number of carbonyl (C=O) groups is 1. The molecule has 6 nitrogen and oxygen atoms in total. The number of amides is 1. The minimum absolute atomic E-state index is 0.0446. The summed E-state index contributed by atoms with van der Waals surface area (Å²) in [4.78, 5) is 12.7. The summed E-state index contributed by atoms with van der Waals surface area (Å²) in [7, 11) is -2.78. The van der Waals surface area contributed by atoms with Crippen molar-refractivity contribution in [3.63, 3.8) is 0 Å². The molecule has 0 aliphatic carbocycles. The van der Waals surface area contributed by atoms with E-state index in [4.69, 9.17) is 4.74 Å². The maximum Gasteiger partial charge on any atom is 0.268 e. The van der Waals surface area contributed by atoms with E-state index in [0.717, 1.165) is 27.1 Å². The summed E-state index contributed by atoms with van der Waals surface area (Å²) < 4.78 is 47.2. The van der Waals surface area contributed by atoms with Crippen LogP contribution in [0.1, 0.15) is 16.7 Å². The Kier molecular flexibility index (Phi) is 6.84. The van der Waals surface area contributed by atoms with Gasteiger partial charge in [0.1, 0.15) is 23.0 Å². The second-order valence-corrected chi connectivity index (χ2v) is 9.32. The monoisotopic (exact) mass is 456 g/mol. The third-order valence-electron chi connectivity index (χ3n) is 5.06. The van der Waals surface area contributed by atoms with Crippen LogP contribution in [0.4, 0.5) is 15.8 Å². The van der Waals surface area contributed by atoms with Crippen LogP contribution in [0.3, 0.4) is 0 Å². The van der Waals surface area contributed by atoms with Crippen LogP contribution in [0, 0.1) is 26.6 Å². The lowest BCUT2D eigenvalue weighted by molar-refractivity contribution is -0.114. The fraction of sp³-hybridized carbons (Fsp3) is 0.208. The lowest BCUT2D eigenvalue weighted by atomic mass is 10.1. The molecule has 1 N–H and O–H groups in total. The van der Waals surface area contributed by atoms with Crippen LogP contribution in [0.25, 0.3) is 0 Å². The van der Waals surface area contributed by atoms with Crippen LogP contribution < -0.4 is 14.4 Å². The molecule has 0 radical (unpaired) electrons. The first-order valence-corrected chi connectivity index (χ1v) is 11.4. The van der Waals surface area contributed by atoms with Gasteiger partial charge in [-0.25, -0.2) is 12.8 Å². The molecule has 0 bridgehead atoms.